The third kappa shape index (κ3) is 2.33. The number of likely N-dealkylation sites (tertiary alicyclic amines) is 1. The van der Waals surface area contributed by atoms with Gasteiger partial charge in [-0.25, -0.2) is 0 Å². The summed E-state index contributed by atoms with van der Waals surface area (Å²) in [5.74, 6) is 0.198. The minimum Gasteiger partial charge on any atom is -0.508 e. The maximum atomic E-state index is 12.0. The van der Waals surface area contributed by atoms with E-state index in [1.165, 1.54) is 12.1 Å². The summed E-state index contributed by atoms with van der Waals surface area (Å²) in [5, 5.41) is 9.14. The molecule has 1 aromatic rings. The number of carbonyl (C=O) groups is 1. The molecule has 1 aliphatic heterocycles. The standard InChI is InChI=1S/C12H16N2O2/c13-10-5-7-14(8-6-10)12(16)9-1-3-11(15)4-2-9/h1-4,10,15H,5-8,13H2. The number of piperidine rings is 1. The van der Waals surface area contributed by atoms with Gasteiger partial charge in [-0.05, 0) is 37.1 Å². The molecule has 0 aromatic heterocycles. The van der Waals surface area contributed by atoms with E-state index in [0.717, 1.165) is 25.9 Å². The molecule has 4 heteroatoms. The molecule has 86 valence electrons. The van der Waals surface area contributed by atoms with Crippen LogP contribution in [0.5, 0.6) is 5.75 Å². The Labute approximate surface area is 94.7 Å². The average molecular weight is 220 g/mol. The molecule has 0 atom stereocenters. The second-order valence-electron chi connectivity index (χ2n) is 4.18. The number of hydrogen-bond donors (Lipinski definition) is 2. The summed E-state index contributed by atoms with van der Waals surface area (Å²) in [6.45, 7) is 1.45. The first kappa shape index (κ1) is 11.0. The van der Waals surface area contributed by atoms with E-state index in [1.807, 2.05) is 4.90 Å². The van der Waals surface area contributed by atoms with E-state index in [4.69, 9.17) is 10.8 Å². The van der Waals surface area contributed by atoms with Crippen LogP contribution >= 0.6 is 0 Å². The van der Waals surface area contributed by atoms with E-state index in [0.29, 0.717) is 5.56 Å². The van der Waals surface area contributed by atoms with Crippen LogP contribution in [0, 0.1) is 0 Å². The summed E-state index contributed by atoms with van der Waals surface area (Å²) in [4.78, 5) is 13.8. The van der Waals surface area contributed by atoms with Gasteiger partial charge in [-0.15, -0.1) is 0 Å². The SMILES string of the molecule is NC1CCN(C(=O)c2ccc(O)cc2)CC1. The largest absolute Gasteiger partial charge is 0.508 e. The predicted octanol–water partition coefficient (Wildman–Crippen LogP) is 0.955. The number of carbonyl (C=O) groups excluding carboxylic acids is 1. The van der Waals surface area contributed by atoms with Crippen molar-refractivity contribution < 1.29 is 9.90 Å². The van der Waals surface area contributed by atoms with Gasteiger partial charge in [0.05, 0.1) is 0 Å². The summed E-state index contributed by atoms with van der Waals surface area (Å²) in [6.07, 6.45) is 1.73. The summed E-state index contributed by atoms with van der Waals surface area (Å²) >= 11 is 0. The Morgan fingerprint density at radius 2 is 1.81 bits per heavy atom. The molecule has 0 saturated carbocycles. The van der Waals surface area contributed by atoms with Gasteiger partial charge in [-0.2, -0.15) is 0 Å². The predicted molar refractivity (Wildman–Crippen MR) is 61.2 cm³/mol. The van der Waals surface area contributed by atoms with Crippen molar-refractivity contribution in [2.45, 2.75) is 18.9 Å². The van der Waals surface area contributed by atoms with E-state index < -0.39 is 0 Å². The molecule has 16 heavy (non-hydrogen) atoms. The molecular weight excluding hydrogens is 204 g/mol. The van der Waals surface area contributed by atoms with Crippen molar-refractivity contribution >= 4 is 5.91 Å². The molecule has 1 aromatic carbocycles. The van der Waals surface area contributed by atoms with Crippen molar-refractivity contribution in [1.82, 2.24) is 4.90 Å². The summed E-state index contributed by atoms with van der Waals surface area (Å²) in [5.41, 5.74) is 6.40. The fourth-order valence-electron chi connectivity index (χ4n) is 1.89. The molecule has 3 N–H and O–H groups in total. The molecule has 2 rings (SSSR count). The van der Waals surface area contributed by atoms with Crippen LogP contribution in [0.25, 0.3) is 0 Å². The highest BCUT2D eigenvalue weighted by molar-refractivity contribution is 5.94. The Hall–Kier alpha value is -1.55. The van der Waals surface area contributed by atoms with Gasteiger partial charge in [0.15, 0.2) is 0 Å². The number of amides is 1. The Morgan fingerprint density at radius 1 is 1.25 bits per heavy atom. The quantitative estimate of drug-likeness (QED) is 0.740. The first-order chi connectivity index (χ1) is 7.66. The zero-order valence-electron chi connectivity index (χ0n) is 9.10. The molecule has 0 bridgehead atoms. The van der Waals surface area contributed by atoms with Gasteiger partial charge in [0.1, 0.15) is 5.75 Å². The van der Waals surface area contributed by atoms with Crippen molar-refractivity contribution in [3.63, 3.8) is 0 Å². The number of aromatic hydroxyl groups is 1. The summed E-state index contributed by atoms with van der Waals surface area (Å²) in [6, 6.07) is 6.58. The Bertz CT molecular complexity index is 367. The zero-order valence-corrected chi connectivity index (χ0v) is 9.10. The Balaban J connectivity index is 2.05. The van der Waals surface area contributed by atoms with Crippen molar-refractivity contribution in [1.29, 1.82) is 0 Å². The molecule has 0 aliphatic carbocycles. The molecule has 0 radical (unpaired) electrons. The molecule has 4 nitrogen and oxygen atoms in total. The smallest absolute Gasteiger partial charge is 0.253 e. The molecule has 1 aliphatic rings. The monoisotopic (exact) mass is 220 g/mol. The summed E-state index contributed by atoms with van der Waals surface area (Å²) < 4.78 is 0. The number of phenols is 1. The lowest BCUT2D eigenvalue weighted by molar-refractivity contribution is 0.0715. The van der Waals surface area contributed by atoms with Crippen LogP contribution in [0.15, 0.2) is 24.3 Å². The van der Waals surface area contributed by atoms with E-state index in [2.05, 4.69) is 0 Å². The first-order valence-corrected chi connectivity index (χ1v) is 5.50. The normalized spacial score (nSPS) is 17.4. The maximum absolute atomic E-state index is 12.0. The van der Waals surface area contributed by atoms with Crippen molar-refractivity contribution in [3.8, 4) is 5.75 Å². The van der Waals surface area contributed by atoms with Gasteiger partial charge < -0.3 is 15.7 Å². The van der Waals surface area contributed by atoms with Gasteiger partial charge in [-0.3, -0.25) is 4.79 Å². The second-order valence-corrected chi connectivity index (χ2v) is 4.18. The summed E-state index contributed by atoms with van der Waals surface area (Å²) in [7, 11) is 0. The minimum absolute atomic E-state index is 0.0203. The number of phenolic OH excluding ortho intramolecular Hbond substituents is 1. The van der Waals surface area contributed by atoms with Crippen LogP contribution in [0.2, 0.25) is 0 Å². The average Bonchev–Trinajstić information content (AvgIpc) is 2.30. The lowest BCUT2D eigenvalue weighted by Crippen LogP contribution is -2.42. The van der Waals surface area contributed by atoms with Crippen LogP contribution in [-0.2, 0) is 0 Å². The molecule has 1 heterocycles. The van der Waals surface area contributed by atoms with E-state index in [9.17, 15) is 4.79 Å². The van der Waals surface area contributed by atoms with E-state index in [-0.39, 0.29) is 17.7 Å². The lowest BCUT2D eigenvalue weighted by atomic mass is 10.0. The van der Waals surface area contributed by atoms with Crippen LogP contribution in [0.4, 0.5) is 0 Å². The number of nitrogens with two attached hydrogens (primary N) is 1. The highest BCUT2D eigenvalue weighted by atomic mass is 16.3. The molecule has 1 saturated heterocycles. The first-order valence-electron chi connectivity index (χ1n) is 5.50. The van der Waals surface area contributed by atoms with Gasteiger partial charge in [-0.1, -0.05) is 0 Å². The van der Waals surface area contributed by atoms with Gasteiger partial charge >= 0.3 is 0 Å². The van der Waals surface area contributed by atoms with Crippen LogP contribution in [0.3, 0.4) is 0 Å². The highest BCUT2D eigenvalue weighted by Crippen LogP contribution is 2.15. The number of benzene rings is 1. The minimum atomic E-state index is 0.0203. The van der Waals surface area contributed by atoms with E-state index >= 15 is 0 Å². The fourth-order valence-corrected chi connectivity index (χ4v) is 1.89. The third-order valence-electron chi connectivity index (χ3n) is 2.94. The zero-order chi connectivity index (χ0) is 11.5. The number of hydrogen-bond acceptors (Lipinski definition) is 3. The third-order valence-corrected chi connectivity index (χ3v) is 2.94. The fraction of sp³-hybridized carbons (Fsp3) is 0.417. The van der Waals surface area contributed by atoms with Gasteiger partial charge in [0.2, 0.25) is 0 Å². The van der Waals surface area contributed by atoms with Crippen LogP contribution in [-0.4, -0.2) is 35.0 Å². The maximum Gasteiger partial charge on any atom is 0.253 e. The lowest BCUT2D eigenvalue weighted by Gasteiger charge is -2.30. The number of nitrogens with zero attached hydrogens (tertiary/aromatic N) is 1. The van der Waals surface area contributed by atoms with Crippen molar-refractivity contribution in [3.05, 3.63) is 29.8 Å². The number of rotatable bonds is 1. The molecular formula is C12H16N2O2. The van der Waals surface area contributed by atoms with Crippen molar-refractivity contribution in [2.75, 3.05) is 13.1 Å². The molecule has 1 amide bonds. The van der Waals surface area contributed by atoms with Crippen LogP contribution in [0.1, 0.15) is 23.2 Å². The molecule has 1 fully saturated rings. The Morgan fingerprint density at radius 3 is 2.38 bits per heavy atom. The highest BCUT2D eigenvalue weighted by Gasteiger charge is 2.21. The van der Waals surface area contributed by atoms with Gasteiger partial charge in [0, 0.05) is 24.7 Å². The van der Waals surface area contributed by atoms with Crippen LogP contribution < -0.4 is 5.73 Å². The van der Waals surface area contributed by atoms with E-state index in [1.54, 1.807) is 12.1 Å². The molecule has 0 unspecified atom stereocenters. The van der Waals surface area contributed by atoms with Gasteiger partial charge in [0.25, 0.3) is 5.91 Å². The van der Waals surface area contributed by atoms with Crippen molar-refractivity contribution in [2.24, 2.45) is 5.73 Å². The second kappa shape index (κ2) is 4.53. The Kier molecular flexibility index (Phi) is 3.10. The topological polar surface area (TPSA) is 66.6 Å². The molecule has 0 spiro atoms.